The van der Waals surface area contributed by atoms with E-state index < -0.39 is 0 Å². The molecule has 0 amide bonds. The topological polar surface area (TPSA) is 38.0 Å². The Bertz CT molecular complexity index is 177. The monoisotopic (exact) mass is 210 g/mol. The molecule has 0 atom stereocenters. The first kappa shape index (κ1) is 11.4. The molecular weight excluding hydrogens is 184 g/mol. The molecule has 0 aromatic rings. The summed E-state index contributed by atoms with van der Waals surface area (Å²) in [6.45, 7) is 1.05. The number of nitrogens with two attached hydrogens (primary N) is 1. The Balaban J connectivity index is 1.71. The van der Waals surface area contributed by atoms with Crippen molar-refractivity contribution in [3.05, 3.63) is 0 Å². The van der Waals surface area contributed by atoms with Crippen LogP contribution in [-0.4, -0.2) is 18.1 Å². The van der Waals surface area contributed by atoms with Gasteiger partial charge in [0.2, 0.25) is 0 Å². The van der Waals surface area contributed by atoms with Gasteiger partial charge in [0.1, 0.15) is 0 Å². The maximum absolute atomic E-state index is 6.35. The molecule has 0 bridgehead atoms. The smallest absolute Gasteiger partial charge is 0.0280 e. The van der Waals surface area contributed by atoms with Crippen LogP contribution in [0.4, 0.5) is 0 Å². The third kappa shape index (κ3) is 3.46. The second kappa shape index (κ2) is 5.31. The second-order valence-corrected chi connectivity index (χ2v) is 5.64. The Kier molecular flexibility index (Phi) is 4.04. The predicted molar refractivity (Wildman–Crippen MR) is 64.9 cm³/mol. The third-order valence-electron chi connectivity index (χ3n) is 4.20. The molecule has 0 aromatic carbocycles. The minimum Gasteiger partial charge on any atom is -0.324 e. The van der Waals surface area contributed by atoms with Crippen molar-refractivity contribution in [3.63, 3.8) is 0 Å². The fourth-order valence-corrected chi connectivity index (χ4v) is 3.09. The summed E-state index contributed by atoms with van der Waals surface area (Å²) in [6, 6.07) is 0.758. The zero-order valence-electron chi connectivity index (χ0n) is 9.93. The van der Waals surface area contributed by atoms with Crippen LogP contribution in [-0.2, 0) is 0 Å². The van der Waals surface area contributed by atoms with Crippen molar-refractivity contribution in [2.24, 2.45) is 5.73 Å². The van der Waals surface area contributed by atoms with Gasteiger partial charge in [0.05, 0.1) is 0 Å². The molecule has 0 radical (unpaired) electrons. The van der Waals surface area contributed by atoms with Crippen LogP contribution >= 0.6 is 0 Å². The van der Waals surface area contributed by atoms with Crippen LogP contribution in [0.25, 0.3) is 0 Å². The van der Waals surface area contributed by atoms with Gasteiger partial charge in [-0.1, -0.05) is 38.5 Å². The number of hydrogen-bond donors (Lipinski definition) is 2. The van der Waals surface area contributed by atoms with Crippen LogP contribution in [0, 0.1) is 0 Å². The molecule has 88 valence electrons. The first-order valence-electron chi connectivity index (χ1n) is 6.81. The van der Waals surface area contributed by atoms with Crippen molar-refractivity contribution in [1.82, 2.24) is 5.32 Å². The lowest BCUT2D eigenvalue weighted by Gasteiger charge is -2.27. The first-order valence-corrected chi connectivity index (χ1v) is 6.81. The Morgan fingerprint density at radius 3 is 2.13 bits per heavy atom. The van der Waals surface area contributed by atoms with Crippen molar-refractivity contribution >= 4 is 0 Å². The highest BCUT2D eigenvalue weighted by atomic mass is 15.0. The minimum atomic E-state index is 0.131. The molecule has 15 heavy (non-hydrogen) atoms. The van der Waals surface area contributed by atoms with Gasteiger partial charge in [0, 0.05) is 18.1 Å². The lowest BCUT2D eigenvalue weighted by atomic mass is 9.98. The maximum Gasteiger partial charge on any atom is 0.0280 e. The van der Waals surface area contributed by atoms with Gasteiger partial charge in [-0.15, -0.1) is 0 Å². The summed E-state index contributed by atoms with van der Waals surface area (Å²) >= 11 is 0. The molecule has 0 aliphatic heterocycles. The van der Waals surface area contributed by atoms with E-state index in [2.05, 4.69) is 5.32 Å². The third-order valence-corrected chi connectivity index (χ3v) is 4.20. The molecule has 0 aromatic heterocycles. The standard InChI is InChI=1S/C13H26N2/c14-13(9-5-6-10-13)11-15-12-7-3-1-2-4-8-12/h12,15H,1-11,14H2. The molecule has 2 nitrogen and oxygen atoms in total. The Morgan fingerprint density at radius 2 is 1.53 bits per heavy atom. The summed E-state index contributed by atoms with van der Waals surface area (Å²) in [4.78, 5) is 0. The van der Waals surface area contributed by atoms with E-state index in [1.165, 1.54) is 64.2 Å². The molecule has 2 aliphatic carbocycles. The van der Waals surface area contributed by atoms with E-state index in [4.69, 9.17) is 5.73 Å². The molecule has 0 spiro atoms. The molecule has 2 heteroatoms. The summed E-state index contributed by atoms with van der Waals surface area (Å²) in [5.74, 6) is 0. The molecule has 0 heterocycles. The van der Waals surface area contributed by atoms with Crippen molar-refractivity contribution < 1.29 is 0 Å². The van der Waals surface area contributed by atoms with Crippen LogP contribution in [0.15, 0.2) is 0 Å². The van der Waals surface area contributed by atoms with E-state index in [0.717, 1.165) is 12.6 Å². The fraction of sp³-hybridized carbons (Fsp3) is 1.00. The van der Waals surface area contributed by atoms with Gasteiger partial charge in [0.15, 0.2) is 0 Å². The highest BCUT2D eigenvalue weighted by Gasteiger charge is 2.29. The van der Waals surface area contributed by atoms with E-state index in [-0.39, 0.29) is 5.54 Å². The second-order valence-electron chi connectivity index (χ2n) is 5.64. The first-order chi connectivity index (χ1) is 7.29. The van der Waals surface area contributed by atoms with Crippen LogP contribution in [0.5, 0.6) is 0 Å². The van der Waals surface area contributed by atoms with Gasteiger partial charge >= 0.3 is 0 Å². The summed E-state index contributed by atoms with van der Waals surface area (Å²) in [7, 11) is 0. The van der Waals surface area contributed by atoms with Crippen molar-refractivity contribution in [1.29, 1.82) is 0 Å². The van der Waals surface area contributed by atoms with Crippen LogP contribution in [0.2, 0.25) is 0 Å². The summed E-state index contributed by atoms with van der Waals surface area (Å²) < 4.78 is 0. The van der Waals surface area contributed by atoms with Gasteiger partial charge < -0.3 is 11.1 Å². The van der Waals surface area contributed by atoms with E-state index in [0.29, 0.717) is 0 Å². The highest BCUT2D eigenvalue weighted by molar-refractivity contribution is 4.92. The molecule has 2 aliphatic rings. The van der Waals surface area contributed by atoms with Crippen molar-refractivity contribution in [2.75, 3.05) is 6.54 Å². The zero-order chi connectivity index (χ0) is 10.6. The molecule has 0 unspecified atom stereocenters. The lowest BCUT2D eigenvalue weighted by Crippen LogP contribution is -2.49. The highest BCUT2D eigenvalue weighted by Crippen LogP contribution is 2.27. The van der Waals surface area contributed by atoms with Crippen LogP contribution < -0.4 is 11.1 Å². The van der Waals surface area contributed by atoms with Gasteiger partial charge in [-0.3, -0.25) is 0 Å². The Labute approximate surface area is 94.0 Å². The molecule has 2 fully saturated rings. The zero-order valence-corrected chi connectivity index (χ0v) is 9.93. The van der Waals surface area contributed by atoms with E-state index in [1.807, 2.05) is 0 Å². The maximum atomic E-state index is 6.35. The van der Waals surface area contributed by atoms with E-state index in [9.17, 15) is 0 Å². The largest absolute Gasteiger partial charge is 0.324 e. The molecule has 3 N–H and O–H groups in total. The average molecular weight is 210 g/mol. The summed E-state index contributed by atoms with van der Waals surface area (Å²) in [5, 5.41) is 3.72. The Morgan fingerprint density at radius 1 is 0.933 bits per heavy atom. The van der Waals surface area contributed by atoms with Gasteiger partial charge in [-0.2, -0.15) is 0 Å². The number of hydrogen-bond acceptors (Lipinski definition) is 2. The number of nitrogens with one attached hydrogen (secondary N) is 1. The van der Waals surface area contributed by atoms with E-state index in [1.54, 1.807) is 0 Å². The molecule has 2 rings (SSSR count). The summed E-state index contributed by atoms with van der Waals surface area (Å²) in [6.07, 6.45) is 13.6. The molecular formula is C13H26N2. The Hall–Kier alpha value is -0.0800. The molecule has 2 saturated carbocycles. The van der Waals surface area contributed by atoms with Crippen LogP contribution in [0.1, 0.15) is 64.2 Å². The quantitative estimate of drug-likeness (QED) is 0.703. The van der Waals surface area contributed by atoms with Crippen LogP contribution in [0.3, 0.4) is 0 Å². The normalized spacial score (nSPS) is 27.8. The minimum absolute atomic E-state index is 0.131. The molecule has 0 saturated heterocycles. The van der Waals surface area contributed by atoms with Crippen molar-refractivity contribution in [2.45, 2.75) is 75.8 Å². The lowest BCUT2D eigenvalue weighted by molar-refractivity contribution is 0.357. The van der Waals surface area contributed by atoms with Gasteiger partial charge in [-0.05, 0) is 25.7 Å². The van der Waals surface area contributed by atoms with Gasteiger partial charge in [0.25, 0.3) is 0 Å². The summed E-state index contributed by atoms with van der Waals surface area (Å²) in [5.41, 5.74) is 6.48. The average Bonchev–Trinajstić information content (AvgIpc) is 2.53. The van der Waals surface area contributed by atoms with E-state index >= 15 is 0 Å². The predicted octanol–water partition coefficient (Wildman–Crippen LogP) is 2.57. The van der Waals surface area contributed by atoms with Crippen molar-refractivity contribution in [3.8, 4) is 0 Å². The number of rotatable bonds is 3. The fourth-order valence-electron chi connectivity index (χ4n) is 3.09. The van der Waals surface area contributed by atoms with Gasteiger partial charge in [-0.25, -0.2) is 0 Å². The SMILES string of the molecule is NC1(CNC2CCCCCC2)CCCC1.